The van der Waals surface area contributed by atoms with E-state index in [0.717, 1.165) is 64.7 Å². The van der Waals surface area contributed by atoms with Gasteiger partial charge in [0.2, 0.25) is 11.8 Å². The summed E-state index contributed by atoms with van der Waals surface area (Å²) in [6, 6.07) is 0. The van der Waals surface area contributed by atoms with Gasteiger partial charge in [-0.25, -0.2) is 0 Å². The zero-order valence-corrected chi connectivity index (χ0v) is 14.8. The lowest BCUT2D eigenvalue weighted by atomic mass is 9.78. The molecule has 0 radical (unpaired) electrons. The highest BCUT2D eigenvalue weighted by atomic mass is 35.5. The first kappa shape index (κ1) is 18.5. The normalized spacial score (nSPS) is 24.3. The van der Waals surface area contributed by atoms with E-state index in [4.69, 9.17) is 0 Å². The third-order valence-corrected chi connectivity index (χ3v) is 5.90. The van der Waals surface area contributed by atoms with Crippen LogP contribution in [0.4, 0.5) is 0 Å². The predicted molar refractivity (Wildman–Crippen MR) is 92.6 cm³/mol. The van der Waals surface area contributed by atoms with Crippen molar-refractivity contribution in [3.8, 4) is 0 Å². The Morgan fingerprint density at radius 3 is 2.39 bits per heavy atom. The second-order valence-corrected chi connectivity index (χ2v) is 7.36. The molecule has 2 N–H and O–H groups in total. The van der Waals surface area contributed by atoms with Gasteiger partial charge in [-0.15, -0.1) is 12.4 Å². The van der Waals surface area contributed by atoms with E-state index in [2.05, 4.69) is 10.6 Å². The molecule has 0 atom stereocenters. The van der Waals surface area contributed by atoms with Crippen molar-refractivity contribution in [2.45, 2.75) is 51.4 Å². The molecular formula is C17H30ClN3O2. The number of likely N-dealkylation sites (tertiary alicyclic amines) is 1. The standard InChI is InChI=1S/C17H29N3O2.ClH/c21-15(12-19-16(22)14-4-2-1-3-5-14)20-10-7-17(8-11-20)6-9-18-13-17;/h14,18H,1-13H2,(H,19,22);1H. The van der Waals surface area contributed by atoms with Crippen LogP contribution in [0, 0.1) is 11.3 Å². The largest absolute Gasteiger partial charge is 0.347 e. The minimum atomic E-state index is 0. The number of rotatable bonds is 3. The summed E-state index contributed by atoms with van der Waals surface area (Å²) in [5.74, 6) is 0.308. The monoisotopic (exact) mass is 343 g/mol. The van der Waals surface area contributed by atoms with Crippen molar-refractivity contribution in [2.24, 2.45) is 11.3 Å². The summed E-state index contributed by atoms with van der Waals surface area (Å²) in [5.41, 5.74) is 0.433. The second kappa shape index (κ2) is 8.34. The van der Waals surface area contributed by atoms with E-state index in [1.807, 2.05) is 4.90 Å². The average molecular weight is 344 g/mol. The van der Waals surface area contributed by atoms with Crippen molar-refractivity contribution in [2.75, 3.05) is 32.7 Å². The van der Waals surface area contributed by atoms with Crippen molar-refractivity contribution in [1.29, 1.82) is 0 Å². The number of carbonyl (C=O) groups is 2. The Morgan fingerprint density at radius 1 is 1.09 bits per heavy atom. The molecule has 0 aromatic carbocycles. The lowest BCUT2D eigenvalue weighted by molar-refractivity contribution is -0.135. The van der Waals surface area contributed by atoms with E-state index < -0.39 is 0 Å². The number of nitrogens with one attached hydrogen (secondary N) is 2. The smallest absolute Gasteiger partial charge is 0.241 e. The molecule has 3 rings (SSSR count). The van der Waals surface area contributed by atoms with Crippen LogP contribution >= 0.6 is 12.4 Å². The van der Waals surface area contributed by atoms with Gasteiger partial charge in [0.25, 0.3) is 0 Å². The average Bonchev–Trinajstić information content (AvgIpc) is 3.02. The number of amides is 2. The van der Waals surface area contributed by atoms with Gasteiger partial charge in [-0.1, -0.05) is 19.3 Å². The molecule has 2 aliphatic heterocycles. The first-order valence-electron chi connectivity index (χ1n) is 8.95. The number of carbonyl (C=O) groups excluding carboxylic acids is 2. The van der Waals surface area contributed by atoms with Crippen LogP contribution in [0.15, 0.2) is 0 Å². The number of hydrogen-bond donors (Lipinski definition) is 2. The minimum absolute atomic E-state index is 0. The summed E-state index contributed by atoms with van der Waals surface area (Å²) in [7, 11) is 0. The maximum absolute atomic E-state index is 12.3. The van der Waals surface area contributed by atoms with Crippen LogP contribution in [0.3, 0.4) is 0 Å². The van der Waals surface area contributed by atoms with E-state index in [-0.39, 0.29) is 36.7 Å². The Labute approximate surface area is 145 Å². The zero-order valence-electron chi connectivity index (χ0n) is 13.9. The maximum atomic E-state index is 12.3. The van der Waals surface area contributed by atoms with E-state index in [1.54, 1.807) is 0 Å². The van der Waals surface area contributed by atoms with Crippen LogP contribution in [-0.4, -0.2) is 49.4 Å². The van der Waals surface area contributed by atoms with Gasteiger partial charge in [0.1, 0.15) is 0 Å². The Morgan fingerprint density at radius 2 is 1.78 bits per heavy atom. The van der Waals surface area contributed by atoms with Gasteiger partial charge in [-0.05, 0) is 44.1 Å². The number of hydrogen-bond acceptors (Lipinski definition) is 3. The van der Waals surface area contributed by atoms with Gasteiger partial charge in [0.15, 0.2) is 0 Å². The summed E-state index contributed by atoms with van der Waals surface area (Å²) in [6.45, 7) is 4.10. The summed E-state index contributed by atoms with van der Waals surface area (Å²) in [4.78, 5) is 26.3. The van der Waals surface area contributed by atoms with Crippen LogP contribution in [0.1, 0.15) is 51.4 Å². The summed E-state index contributed by atoms with van der Waals surface area (Å²) < 4.78 is 0. The molecule has 6 heteroatoms. The molecule has 3 aliphatic rings. The van der Waals surface area contributed by atoms with Crippen LogP contribution in [-0.2, 0) is 9.59 Å². The Hall–Kier alpha value is -0.810. The van der Waals surface area contributed by atoms with E-state index in [1.165, 1.54) is 12.8 Å². The molecule has 1 saturated carbocycles. The van der Waals surface area contributed by atoms with Crippen LogP contribution in [0.25, 0.3) is 0 Å². The topological polar surface area (TPSA) is 61.4 Å². The minimum Gasteiger partial charge on any atom is -0.347 e. The Balaban J connectivity index is 0.00000192. The third kappa shape index (κ3) is 4.60. The van der Waals surface area contributed by atoms with Crippen molar-refractivity contribution >= 4 is 24.2 Å². The van der Waals surface area contributed by atoms with Crippen molar-refractivity contribution in [3.63, 3.8) is 0 Å². The highest BCUT2D eigenvalue weighted by Gasteiger charge is 2.38. The molecule has 3 fully saturated rings. The molecule has 2 amide bonds. The van der Waals surface area contributed by atoms with Gasteiger partial charge < -0.3 is 15.5 Å². The molecule has 1 aliphatic carbocycles. The quantitative estimate of drug-likeness (QED) is 0.820. The lowest BCUT2D eigenvalue weighted by Crippen LogP contribution is -2.48. The first-order valence-corrected chi connectivity index (χ1v) is 8.95. The van der Waals surface area contributed by atoms with Gasteiger partial charge in [0, 0.05) is 25.6 Å². The van der Waals surface area contributed by atoms with Gasteiger partial charge in [0.05, 0.1) is 6.54 Å². The zero-order chi connectivity index (χ0) is 15.4. The molecule has 1 spiro atoms. The predicted octanol–water partition coefficient (Wildman–Crippen LogP) is 1.71. The summed E-state index contributed by atoms with van der Waals surface area (Å²) >= 11 is 0. The second-order valence-electron chi connectivity index (χ2n) is 7.36. The highest BCUT2D eigenvalue weighted by molar-refractivity contribution is 5.86. The molecule has 132 valence electrons. The molecule has 0 unspecified atom stereocenters. The van der Waals surface area contributed by atoms with Crippen molar-refractivity contribution in [1.82, 2.24) is 15.5 Å². The van der Waals surface area contributed by atoms with Crippen molar-refractivity contribution in [3.05, 3.63) is 0 Å². The number of nitrogens with zero attached hydrogens (tertiary/aromatic N) is 1. The molecule has 0 aromatic heterocycles. The molecule has 0 bridgehead atoms. The molecule has 2 saturated heterocycles. The third-order valence-electron chi connectivity index (χ3n) is 5.90. The molecule has 5 nitrogen and oxygen atoms in total. The fraction of sp³-hybridized carbons (Fsp3) is 0.882. The number of piperidine rings is 1. The van der Waals surface area contributed by atoms with Crippen LogP contribution in [0.2, 0.25) is 0 Å². The van der Waals surface area contributed by atoms with Crippen LogP contribution in [0.5, 0.6) is 0 Å². The van der Waals surface area contributed by atoms with Crippen molar-refractivity contribution < 1.29 is 9.59 Å². The molecular weight excluding hydrogens is 314 g/mol. The summed E-state index contributed by atoms with van der Waals surface area (Å²) in [5, 5.41) is 6.31. The summed E-state index contributed by atoms with van der Waals surface area (Å²) in [6.07, 6.45) is 8.95. The molecule has 0 aromatic rings. The van der Waals surface area contributed by atoms with E-state index in [9.17, 15) is 9.59 Å². The van der Waals surface area contributed by atoms with Crippen LogP contribution < -0.4 is 10.6 Å². The SMILES string of the molecule is Cl.O=C(NCC(=O)N1CCC2(CCNC2)CC1)C1CCCCC1. The van der Waals surface area contributed by atoms with Gasteiger partial charge in [-0.2, -0.15) is 0 Å². The van der Waals surface area contributed by atoms with E-state index in [0.29, 0.717) is 5.41 Å². The molecule has 23 heavy (non-hydrogen) atoms. The highest BCUT2D eigenvalue weighted by Crippen LogP contribution is 2.36. The van der Waals surface area contributed by atoms with Gasteiger partial charge in [-0.3, -0.25) is 9.59 Å². The van der Waals surface area contributed by atoms with Gasteiger partial charge >= 0.3 is 0 Å². The van der Waals surface area contributed by atoms with E-state index >= 15 is 0 Å². The maximum Gasteiger partial charge on any atom is 0.241 e. The fourth-order valence-electron chi connectivity index (χ4n) is 4.24. The lowest BCUT2D eigenvalue weighted by Gasteiger charge is -2.39. The first-order chi connectivity index (χ1) is 10.7. The molecule has 2 heterocycles. The Bertz CT molecular complexity index is 408. The Kier molecular flexibility index (Phi) is 6.72. The number of halogens is 1. The fourth-order valence-corrected chi connectivity index (χ4v) is 4.24.